The Balaban J connectivity index is 1.99. The zero-order chi connectivity index (χ0) is 18.4. The minimum atomic E-state index is -0.948. The number of carbonyl (C=O) groups excluding carboxylic acids is 1. The molecule has 2 aromatic carbocycles. The summed E-state index contributed by atoms with van der Waals surface area (Å²) in [5, 5.41) is 6.01. The normalized spacial score (nSPS) is 19.0. The summed E-state index contributed by atoms with van der Waals surface area (Å²) in [5.74, 6) is -0.316. The van der Waals surface area contributed by atoms with E-state index in [2.05, 4.69) is 54.4 Å². The number of hydrogen-bond donors (Lipinski definition) is 1. The minimum absolute atomic E-state index is 0.316. The first-order valence-corrected chi connectivity index (χ1v) is 9.15. The first kappa shape index (κ1) is 16.9. The molecule has 0 radical (unpaired) electrons. The molecule has 0 bridgehead atoms. The van der Waals surface area contributed by atoms with Crippen LogP contribution in [0.15, 0.2) is 29.4 Å². The highest BCUT2D eigenvalue weighted by molar-refractivity contribution is 6.04. The summed E-state index contributed by atoms with van der Waals surface area (Å²) < 4.78 is 0. The molecule has 26 heavy (non-hydrogen) atoms. The Morgan fingerprint density at radius 3 is 2.73 bits per heavy atom. The van der Waals surface area contributed by atoms with E-state index in [0.717, 1.165) is 48.4 Å². The molecule has 2 aliphatic rings. The Labute approximate surface area is 153 Å². The molecule has 2 aromatic rings. The van der Waals surface area contributed by atoms with E-state index in [0.29, 0.717) is 0 Å². The third-order valence-electron chi connectivity index (χ3n) is 5.67. The van der Waals surface area contributed by atoms with Crippen molar-refractivity contribution in [2.24, 2.45) is 5.18 Å². The molecule has 0 aromatic heterocycles. The van der Waals surface area contributed by atoms with Crippen LogP contribution in [0.4, 0.5) is 5.69 Å². The van der Waals surface area contributed by atoms with Gasteiger partial charge in [-0.2, -0.15) is 0 Å². The van der Waals surface area contributed by atoms with Crippen LogP contribution in [0.2, 0.25) is 0 Å². The molecule has 1 N–H and O–H groups in total. The average molecular weight is 349 g/mol. The molecule has 5 heteroatoms. The van der Waals surface area contributed by atoms with Gasteiger partial charge >= 0.3 is 0 Å². The number of nitrogens with zero attached hydrogens (tertiary/aromatic N) is 2. The lowest BCUT2D eigenvalue weighted by atomic mass is 9.85. The third kappa shape index (κ3) is 2.54. The van der Waals surface area contributed by atoms with E-state index in [9.17, 15) is 9.70 Å². The second kappa shape index (κ2) is 6.32. The Kier molecular flexibility index (Phi) is 4.11. The van der Waals surface area contributed by atoms with Crippen molar-refractivity contribution < 1.29 is 4.79 Å². The molecule has 2 heterocycles. The summed E-state index contributed by atoms with van der Waals surface area (Å²) >= 11 is 0. The van der Waals surface area contributed by atoms with Crippen molar-refractivity contribution in [3.8, 4) is 11.1 Å². The fourth-order valence-electron chi connectivity index (χ4n) is 4.17. The number of carbonyl (C=O) groups is 1. The maximum absolute atomic E-state index is 12.2. The predicted molar refractivity (Wildman–Crippen MR) is 103 cm³/mol. The van der Waals surface area contributed by atoms with Crippen molar-refractivity contribution in [1.29, 1.82) is 0 Å². The van der Waals surface area contributed by atoms with E-state index in [1.54, 1.807) is 0 Å². The number of rotatable bonds is 3. The SMILES string of the molecule is CCN1CCc2c(-c3cc(C)ccc3C)cc3c(c2C1)NC(=O)C3N=O. The topological polar surface area (TPSA) is 61.8 Å². The van der Waals surface area contributed by atoms with E-state index in [1.165, 1.54) is 22.3 Å². The maximum Gasteiger partial charge on any atom is 0.257 e. The van der Waals surface area contributed by atoms with Gasteiger partial charge in [0.25, 0.3) is 5.91 Å². The van der Waals surface area contributed by atoms with Crippen molar-refractivity contribution in [3.63, 3.8) is 0 Å². The van der Waals surface area contributed by atoms with Gasteiger partial charge in [-0.25, -0.2) is 0 Å². The van der Waals surface area contributed by atoms with Crippen LogP contribution in [0, 0.1) is 18.8 Å². The molecule has 0 fully saturated rings. The fraction of sp³-hybridized carbons (Fsp3) is 0.381. The molecule has 1 amide bonds. The van der Waals surface area contributed by atoms with E-state index < -0.39 is 6.04 Å². The molecule has 1 atom stereocenters. The highest BCUT2D eigenvalue weighted by atomic mass is 16.3. The van der Waals surface area contributed by atoms with Gasteiger partial charge in [-0.05, 0) is 60.7 Å². The summed E-state index contributed by atoms with van der Waals surface area (Å²) in [5.41, 5.74) is 8.67. The smallest absolute Gasteiger partial charge is 0.257 e. The van der Waals surface area contributed by atoms with Gasteiger partial charge in [-0.3, -0.25) is 9.69 Å². The first-order chi connectivity index (χ1) is 12.5. The zero-order valence-corrected chi connectivity index (χ0v) is 15.4. The van der Waals surface area contributed by atoms with Crippen molar-refractivity contribution in [2.45, 2.75) is 39.8 Å². The van der Waals surface area contributed by atoms with Crippen LogP contribution in [-0.4, -0.2) is 23.9 Å². The van der Waals surface area contributed by atoms with Crippen molar-refractivity contribution in [1.82, 2.24) is 4.90 Å². The number of aryl methyl sites for hydroxylation is 2. The largest absolute Gasteiger partial charge is 0.323 e. The molecule has 2 aliphatic heterocycles. The molecule has 0 saturated carbocycles. The molecular weight excluding hydrogens is 326 g/mol. The summed E-state index contributed by atoms with van der Waals surface area (Å²) in [4.78, 5) is 25.9. The Hall–Kier alpha value is -2.53. The molecule has 134 valence electrons. The van der Waals surface area contributed by atoms with E-state index >= 15 is 0 Å². The standard InChI is InChI=1S/C21H23N3O2/c1-4-24-8-7-14-16(15-9-12(2)5-6-13(15)3)10-17-19(18(14)11-24)22-21(25)20(17)23-26/h5-6,9-10,20H,4,7-8,11H2,1-3H3,(H,22,25). The van der Waals surface area contributed by atoms with Gasteiger partial charge < -0.3 is 5.32 Å². The maximum atomic E-state index is 12.2. The van der Waals surface area contributed by atoms with Gasteiger partial charge in [0.1, 0.15) is 0 Å². The number of anilines is 1. The van der Waals surface area contributed by atoms with Crippen LogP contribution >= 0.6 is 0 Å². The molecule has 0 saturated heterocycles. The summed E-state index contributed by atoms with van der Waals surface area (Å²) in [6.45, 7) is 9.10. The quantitative estimate of drug-likeness (QED) is 0.848. The van der Waals surface area contributed by atoms with Crippen LogP contribution in [-0.2, 0) is 17.8 Å². The molecule has 0 aliphatic carbocycles. The van der Waals surface area contributed by atoms with Crippen molar-refractivity contribution >= 4 is 11.6 Å². The summed E-state index contributed by atoms with van der Waals surface area (Å²) in [6.07, 6.45) is 0.939. The molecule has 0 spiro atoms. The Bertz CT molecular complexity index is 920. The minimum Gasteiger partial charge on any atom is -0.323 e. The van der Waals surface area contributed by atoms with Crippen LogP contribution in [0.1, 0.15) is 40.8 Å². The highest BCUT2D eigenvalue weighted by Crippen LogP contribution is 2.44. The van der Waals surface area contributed by atoms with Gasteiger partial charge in [0.2, 0.25) is 0 Å². The summed E-state index contributed by atoms with van der Waals surface area (Å²) in [6, 6.07) is 7.50. The lowest BCUT2D eigenvalue weighted by Crippen LogP contribution is -2.31. The molecule has 4 rings (SSSR count). The van der Waals surface area contributed by atoms with Crippen molar-refractivity contribution in [2.75, 3.05) is 18.4 Å². The molecule has 5 nitrogen and oxygen atoms in total. The van der Waals surface area contributed by atoms with Crippen LogP contribution in [0.5, 0.6) is 0 Å². The number of benzene rings is 2. The number of nitrogens with one attached hydrogen (secondary N) is 1. The van der Waals surface area contributed by atoms with E-state index in [1.807, 2.05) is 6.07 Å². The molecule has 1 unspecified atom stereocenters. The number of likely N-dealkylation sites (N-methyl/N-ethyl adjacent to an activating group) is 1. The van der Waals surface area contributed by atoms with E-state index in [-0.39, 0.29) is 5.91 Å². The fourth-order valence-corrected chi connectivity index (χ4v) is 4.17. The Morgan fingerprint density at radius 1 is 1.19 bits per heavy atom. The van der Waals surface area contributed by atoms with Crippen LogP contribution in [0.3, 0.4) is 0 Å². The van der Waals surface area contributed by atoms with Gasteiger partial charge in [-0.15, -0.1) is 4.91 Å². The van der Waals surface area contributed by atoms with Crippen LogP contribution < -0.4 is 5.32 Å². The number of hydrogen-bond acceptors (Lipinski definition) is 4. The number of amides is 1. The lowest BCUT2D eigenvalue weighted by molar-refractivity contribution is -0.116. The van der Waals surface area contributed by atoms with Crippen molar-refractivity contribution in [3.05, 3.63) is 57.0 Å². The molecular formula is C21H23N3O2. The monoisotopic (exact) mass is 349 g/mol. The van der Waals surface area contributed by atoms with Crippen LogP contribution in [0.25, 0.3) is 11.1 Å². The average Bonchev–Trinajstić information content (AvgIpc) is 2.97. The van der Waals surface area contributed by atoms with Gasteiger partial charge in [0, 0.05) is 18.7 Å². The number of fused-ring (bicyclic) bond motifs is 3. The second-order valence-corrected chi connectivity index (χ2v) is 7.28. The Morgan fingerprint density at radius 2 is 2.00 bits per heavy atom. The predicted octanol–water partition coefficient (Wildman–Crippen LogP) is 4.11. The second-order valence-electron chi connectivity index (χ2n) is 7.28. The zero-order valence-electron chi connectivity index (χ0n) is 15.4. The number of nitroso groups, excluding NO2 is 1. The lowest BCUT2D eigenvalue weighted by Gasteiger charge is -2.31. The van der Waals surface area contributed by atoms with Gasteiger partial charge in [-0.1, -0.05) is 35.9 Å². The highest BCUT2D eigenvalue weighted by Gasteiger charge is 2.37. The van der Waals surface area contributed by atoms with Gasteiger partial charge in [0.15, 0.2) is 6.04 Å². The van der Waals surface area contributed by atoms with Gasteiger partial charge in [0.05, 0.1) is 5.69 Å². The van der Waals surface area contributed by atoms with E-state index in [4.69, 9.17) is 0 Å². The first-order valence-electron chi connectivity index (χ1n) is 9.15. The summed E-state index contributed by atoms with van der Waals surface area (Å²) in [7, 11) is 0. The third-order valence-corrected chi connectivity index (χ3v) is 5.67.